The number of nitrogens with one attached hydrogen (secondary N) is 1. The van der Waals surface area contributed by atoms with Gasteiger partial charge in [0.2, 0.25) is 0 Å². The second-order valence-corrected chi connectivity index (χ2v) is 6.46. The molecule has 0 aliphatic heterocycles. The van der Waals surface area contributed by atoms with Crippen molar-refractivity contribution in [3.63, 3.8) is 0 Å². The van der Waals surface area contributed by atoms with Crippen LogP contribution in [-0.2, 0) is 10.0 Å². The number of sulfonamides is 1. The van der Waals surface area contributed by atoms with E-state index < -0.39 is 21.7 Å². The third-order valence-electron chi connectivity index (χ3n) is 2.70. The quantitative estimate of drug-likeness (QED) is 0.847. The van der Waals surface area contributed by atoms with E-state index in [2.05, 4.69) is 4.72 Å². The molecule has 0 heterocycles. The molecule has 0 bridgehead atoms. The molecule has 0 aliphatic carbocycles. The first kappa shape index (κ1) is 15.5. The highest BCUT2D eigenvalue weighted by atomic mass is 35.5. The van der Waals surface area contributed by atoms with Gasteiger partial charge < -0.3 is 5.73 Å². The van der Waals surface area contributed by atoms with Gasteiger partial charge in [-0.05, 0) is 36.8 Å². The number of nitrogens with two attached hydrogens (primary N) is 1. The van der Waals surface area contributed by atoms with Crippen molar-refractivity contribution < 1.29 is 17.2 Å². The lowest BCUT2D eigenvalue weighted by Gasteiger charge is -2.12. The minimum atomic E-state index is -4.04. The fraction of sp³-hybridized carbons (Fsp3) is 0.0769. The zero-order chi connectivity index (χ0) is 15.8. The van der Waals surface area contributed by atoms with Crippen molar-refractivity contribution in [3.05, 3.63) is 52.6 Å². The van der Waals surface area contributed by atoms with Crippen molar-refractivity contribution in [2.75, 3.05) is 10.5 Å². The Kier molecular flexibility index (Phi) is 4.06. The molecule has 0 spiro atoms. The van der Waals surface area contributed by atoms with E-state index in [1.807, 2.05) is 0 Å². The molecule has 0 saturated carbocycles. The van der Waals surface area contributed by atoms with Crippen molar-refractivity contribution in [2.24, 2.45) is 0 Å². The number of aryl methyl sites for hydroxylation is 1. The maximum atomic E-state index is 13.1. The number of hydrogen-bond acceptors (Lipinski definition) is 3. The monoisotopic (exact) mass is 332 g/mol. The van der Waals surface area contributed by atoms with Gasteiger partial charge in [0.25, 0.3) is 10.0 Å². The molecular formula is C13H11ClF2N2O2S. The summed E-state index contributed by atoms with van der Waals surface area (Å²) in [5.74, 6) is -1.78. The smallest absolute Gasteiger partial charge is 0.262 e. The summed E-state index contributed by atoms with van der Waals surface area (Å²) >= 11 is 5.80. The largest absolute Gasteiger partial charge is 0.397 e. The number of benzene rings is 2. The van der Waals surface area contributed by atoms with Crippen LogP contribution in [0.25, 0.3) is 0 Å². The third-order valence-corrected chi connectivity index (χ3v) is 4.55. The SMILES string of the molecule is Cc1cc(Cl)c(N)cc1S(=O)(=O)Nc1cc(F)cc(F)c1. The summed E-state index contributed by atoms with van der Waals surface area (Å²) in [4.78, 5) is -0.117. The summed E-state index contributed by atoms with van der Waals surface area (Å²) in [5, 5.41) is 0.225. The molecule has 112 valence electrons. The first-order valence-corrected chi connectivity index (χ1v) is 7.60. The summed E-state index contributed by atoms with van der Waals surface area (Å²) in [6.45, 7) is 1.53. The van der Waals surface area contributed by atoms with E-state index in [1.165, 1.54) is 19.1 Å². The Morgan fingerprint density at radius 3 is 2.24 bits per heavy atom. The number of nitrogen functional groups attached to an aromatic ring is 1. The van der Waals surface area contributed by atoms with Gasteiger partial charge in [0.1, 0.15) is 11.6 Å². The molecule has 2 aromatic rings. The molecule has 0 aliphatic rings. The maximum absolute atomic E-state index is 13.1. The summed E-state index contributed by atoms with van der Waals surface area (Å²) in [6, 6.07) is 4.97. The molecule has 3 N–H and O–H groups in total. The highest BCUT2D eigenvalue weighted by Crippen LogP contribution is 2.27. The van der Waals surface area contributed by atoms with Crippen molar-refractivity contribution in [2.45, 2.75) is 11.8 Å². The average Bonchev–Trinajstić information content (AvgIpc) is 2.31. The van der Waals surface area contributed by atoms with E-state index in [0.29, 0.717) is 11.6 Å². The van der Waals surface area contributed by atoms with Crippen LogP contribution in [-0.4, -0.2) is 8.42 Å². The lowest BCUT2D eigenvalue weighted by molar-refractivity contribution is 0.584. The normalized spacial score (nSPS) is 11.4. The van der Waals surface area contributed by atoms with E-state index in [0.717, 1.165) is 12.1 Å². The van der Waals surface area contributed by atoms with Gasteiger partial charge in [0.15, 0.2) is 0 Å². The van der Waals surface area contributed by atoms with Gasteiger partial charge in [0, 0.05) is 6.07 Å². The van der Waals surface area contributed by atoms with Crippen LogP contribution in [0.15, 0.2) is 35.2 Å². The van der Waals surface area contributed by atoms with Gasteiger partial charge in [-0.25, -0.2) is 17.2 Å². The molecule has 0 amide bonds. The van der Waals surface area contributed by atoms with Crippen LogP contribution in [0.1, 0.15) is 5.56 Å². The van der Waals surface area contributed by atoms with Crippen LogP contribution in [0.4, 0.5) is 20.2 Å². The van der Waals surface area contributed by atoms with E-state index in [-0.39, 0.29) is 21.3 Å². The van der Waals surface area contributed by atoms with E-state index in [9.17, 15) is 17.2 Å². The first-order chi connectivity index (χ1) is 9.69. The molecule has 8 heteroatoms. The summed E-state index contributed by atoms with van der Waals surface area (Å²) in [5.41, 5.74) is 5.81. The Balaban J connectivity index is 2.45. The van der Waals surface area contributed by atoms with Crippen molar-refractivity contribution >= 4 is 33.0 Å². The molecule has 0 atom stereocenters. The van der Waals surface area contributed by atoms with Crippen LogP contribution in [0.2, 0.25) is 5.02 Å². The molecule has 0 aromatic heterocycles. The fourth-order valence-corrected chi connectivity index (χ4v) is 3.30. The lowest BCUT2D eigenvalue weighted by atomic mass is 10.2. The number of halogens is 3. The first-order valence-electron chi connectivity index (χ1n) is 5.73. The lowest BCUT2D eigenvalue weighted by Crippen LogP contribution is -2.15. The Labute approximate surface area is 125 Å². The summed E-state index contributed by atoms with van der Waals surface area (Å²) in [7, 11) is -4.04. The van der Waals surface area contributed by atoms with E-state index >= 15 is 0 Å². The van der Waals surface area contributed by atoms with E-state index in [1.54, 1.807) is 0 Å². The van der Waals surface area contributed by atoms with Crippen LogP contribution in [0, 0.1) is 18.6 Å². The number of anilines is 2. The molecule has 4 nitrogen and oxygen atoms in total. The third kappa shape index (κ3) is 3.43. The zero-order valence-corrected chi connectivity index (χ0v) is 12.4. The molecule has 0 saturated heterocycles. The van der Waals surface area contributed by atoms with Gasteiger partial charge in [-0.3, -0.25) is 4.72 Å². The van der Waals surface area contributed by atoms with Crippen LogP contribution in [0.5, 0.6) is 0 Å². The zero-order valence-electron chi connectivity index (χ0n) is 10.8. The van der Waals surface area contributed by atoms with Crippen LogP contribution >= 0.6 is 11.6 Å². The van der Waals surface area contributed by atoms with Crippen LogP contribution < -0.4 is 10.5 Å². The van der Waals surface area contributed by atoms with Gasteiger partial charge in [0.05, 0.1) is 21.3 Å². The van der Waals surface area contributed by atoms with Gasteiger partial charge >= 0.3 is 0 Å². The molecule has 0 fully saturated rings. The fourth-order valence-electron chi connectivity index (χ4n) is 1.78. The Morgan fingerprint density at radius 1 is 1.10 bits per heavy atom. The van der Waals surface area contributed by atoms with Gasteiger partial charge in [-0.1, -0.05) is 11.6 Å². The van der Waals surface area contributed by atoms with Crippen molar-refractivity contribution in [3.8, 4) is 0 Å². The molecule has 0 radical (unpaired) electrons. The predicted octanol–water partition coefficient (Wildman–Crippen LogP) is 3.31. The Bertz CT molecular complexity index is 790. The second kappa shape index (κ2) is 5.50. The summed E-state index contributed by atoms with van der Waals surface area (Å²) in [6.07, 6.45) is 0. The highest BCUT2D eigenvalue weighted by Gasteiger charge is 2.19. The van der Waals surface area contributed by atoms with Crippen molar-refractivity contribution in [1.29, 1.82) is 0 Å². The molecule has 0 unspecified atom stereocenters. The standard InChI is InChI=1S/C13H11ClF2N2O2S/c1-7-2-11(14)12(17)6-13(7)21(19,20)18-10-4-8(15)3-9(16)5-10/h2-6,18H,17H2,1H3. The molecule has 2 aromatic carbocycles. The number of hydrogen-bond donors (Lipinski definition) is 2. The average molecular weight is 333 g/mol. The minimum absolute atomic E-state index is 0.0908. The van der Waals surface area contributed by atoms with Gasteiger partial charge in [-0.15, -0.1) is 0 Å². The number of rotatable bonds is 3. The predicted molar refractivity (Wildman–Crippen MR) is 77.8 cm³/mol. The second-order valence-electron chi connectivity index (χ2n) is 4.40. The maximum Gasteiger partial charge on any atom is 0.262 e. The van der Waals surface area contributed by atoms with Crippen LogP contribution in [0.3, 0.4) is 0 Å². The highest BCUT2D eigenvalue weighted by molar-refractivity contribution is 7.92. The van der Waals surface area contributed by atoms with Crippen molar-refractivity contribution in [1.82, 2.24) is 0 Å². The molecular weight excluding hydrogens is 322 g/mol. The minimum Gasteiger partial charge on any atom is -0.397 e. The Morgan fingerprint density at radius 2 is 1.67 bits per heavy atom. The topological polar surface area (TPSA) is 72.2 Å². The Hall–Kier alpha value is -1.86. The molecule has 2 rings (SSSR count). The van der Waals surface area contributed by atoms with E-state index in [4.69, 9.17) is 17.3 Å². The van der Waals surface area contributed by atoms with Gasteiger partial charge in [-0.2, -0.15) is 0 Å². The molecule has 21 heavy (non-hydrogen) atoms. The summed E-state index contributed by atoms with van der Waals surface area (Å²) < 4.78 is 52.8.